The van der Waals surface area contributed by atoms with Crippen molar-refractivity contribution in [3.63, 3.8) is 0 Å². The molecule has 0 radical (unpaired) electrons. The fourth-order valence-electron chi connectivity index (χ4n) is 1.16. The summed E-state index contributed by atoms with van der Waals surface area (Å²) in [6.07, 6.45) is 6.65. The molecule has 2 aromatic rings. The summed E-state index contributed by atoms with van der Waals surface area (Å²) < 4.78 is 0. The highest BCUT2D eigenvalue weighted by atomic mass is 32.2. The van der Waals surface area contributed by atoms with Crippen LogP contribution in [0.3, 0.4) is 0 Å². The molecule has 2 N–H and O–H groups in total. The molecule has 2 heterocycles. The van der Waals surface area contributed by atoms with Gasteiger partial charge in [-0.15, -0.1) is 11.3 Å². The number of nitrogens with zero attached hydrogens (tertiary/aromatic N) is 2. The lowest BCUT2D eigenvalue weighted by Crippen LogP contribution is -1.97. The van der Waals surface area contributed by atoms with Crippen molar-refractivity contribution in [2.45, 2.75) is 24.3 Å². The van der Waals surface area contributed by atoms with Crippen LogP contribution in [0.4, 0.5) is 5.13 Å². The second-order valence-electron chi connectivity index (χ2n) is 3.24. The van der Waals surface area contributed by atoms with Gasteiger partial charge in [0.2, 0.25) is 0 Å². The van der Waals surface area contributed by atoms with Gasteiger partial charge in [-0.1, -0.05) is 18.7 Å². The van der Waals surface area contributed by atoms with Crippen molar-refractivity contribution in [3.05, 3.63) is 23.5 Å². The zero-order chi connectivity index (χ0) is 11.2. The first-order chi connectivity index (χ1) is 7.88. The molecule has 0 fully saturated rings. The van der Waals surface area contributed by atoms with E-state index >= 15 is 0 Å². The third-order valence-corrected chi connectivity index (χ3v) is 3.99. The fourth-order valence-corrected chi connectivity index (χ4v) is 2.84. The Morgan fingerprint density at radius 1 is 1.50 bits per heavy atom. The first-order valence-corrected chi connectivity index (χ1v) is 6.99. The van der Waals surface area contributed by atoms with E-state index in [1.807, 2.05) is 12.4 Å². The first kappa shape index (κ1) is 11.5. The normalized spacial score (nSPS) is 10.6. The summed E-state index contributed by atoms with van der Waals surface area (Å²) in [5, 5.41) is 5.25. The van der Waals surface area contributed by atoms with E-state index in [1.54, 1.807) is 29.3 Å². The molecule has 0 atom stereocenters. The van der Waals surface area contributed by atoms with Crippen LogP contribution in [0, 0.1) is 0 Å². The number of hydrogen-bond donors (Lipinski definition) is 2. The Balaban J connectivity index is 1.83. The SMILES string of the molecule is CCCNc1ncc(CSc2ncc[nH]2)s1. The lowest BCUT2D eigenvalue weighted by Gasteiger charge is -1.97. The van der Waals surface area contributed by atoms with Crippen LogP contribution in [-0.4, -0.2) is 21.5 Å². The van der Waals surface area contributed by atoms with Gasteiger partial charge in [-0.2, -0.15) is 0 Å². The topological polar surface area (TPSA) is 53.6 Å². The number of aromatic amines is 1. The second-order valence-corrected chi connectivity index (χ2v) is 5.32. The molecule has 6 heteroatoms. The van der Waals surface area contributed by atoms with Crippen molar-refractivity contribution < 1.29 is 0 Å². The van der Waals surface area contributed by atoms with Gasteiger partial charge < -0.3 is 10.3 Å². The van der Waals surface area contributed by atoms with Crippen LogP contribution in [0.2, 0.25) is 0 Å². The Hall–Kier alpha value is -1.01. The lowest BCUT2D eigenvalue weighted by atomic mass is 10.5. The largest absolute Gasteiger partial charge is 0.362 e. The fraction of sp³-hybridized carbons (Fsp3) is 0.400. The first-order valence-electron chi connectivity index (χ1n) is 5.19. The smallest absolute Gasteiger partial charge is 0.182 e. The van der Waals surface area contributed by atoms with E-state index in [-0.39, 0.29) is 0 Å². The zero-order valence-electron chi connectivity index (χ0n) is 9.06. The summed E-state index contributed by atoms with van der Waals surface area (Å²) in [5.74, 6) is 0.916. The molecule has 4 nitrogen and oxygen atoms in total. The van der Waals surface area contributed by atoms with Gasteiger partial charge in [-0.05, 0) is 6.42 Å². The van der Waals surface area contributed by atoms with Crippen molar-refractivity contribution in [3.8, 4) is 0 Å². The number of H-pyrrole nitrogens is 1. The third-order valence-electron chi connectivity index (χ3n) is 1.90. The van der Waals surface area contributed by atoms with Crippen molar-refractivity contribution >= 4 is 28.2 Å². The molecule has 0 unspecified atom stereocenters. The average Bonchev–Trinajstić information content (AvgIpc) is 2.95. The summed E-state index contributed by atoms with van der Waals surface area (Å²) in [6.45, 7) is 3.13. The molecule has 0 bridgehead atoms. The van der Waals surface area contributed by atoms with Crippen molar-refractivity contribution in [2.24, 2.45) is 0 Å². The number of imidazole rings is 1. The van der Waals surface area contributed by atoms with Crippen LogP contribution < -0.4 is 5.32 Å². The molecule has 16 heavy (non-hydrogen) atoms. The Morgan fingerprint density at radius 2 is 2.44 bits per heavy atom. The molecule has 0 aliphatic heterocycles. The van der Waals surface area contributed by atoms with Gasteiger partial charge in [-0.25, -0.2) is 9.97 Å². The van der Waals surface area contributed by atoms with E-state index in [0.717, 1.165) is 29.0 Å². The van der Waals surface area contributed by atoms with E-state index in [2.05, 4.69) is 27.2 Å². The number of nitrogens with one attached hydrogen (secondary N) is 2. The Bertz CT molecular complexity index is 410. The maximum absolute atomic E-state index is 4.32. The van der Waals surface area contributed by atoms with Crippen molar-refractivity contribution in [1.29, 1.82) is 0 Å². The predicted octanol–water partition coefficient (Wildman–Crippen LogP) is 2.98. The Kier molecular flexibility index (Phi) is 4.24. The van der Waals surface area contributed by atoms with Gasteiger partial charge in [0.05, 0.1) is 0 Å². The molecular formula is C10H14N4S2. The van der Waals surface area contributed by atoms with Gasteiger partial charge in [-0.3, -0.25) is 0 Å². The number of aromatic nitrogens is 3. The van der Waals surface area contributed by atoms with Crippen LogP contribution in [0.1, 0.15) is 18.2 Å². The average molecular weight is 254 g/mol. The Labute approximate surface area is 103 Å². The quantitative estimate of drug-likeness (QED) is 0.778. The summed E-state index contributed by atoms with van der Waals surface area (Å²) in [4.78, 5) is 12.8. The number of anilines is 1. The number of hydrogen-bond acceptors (Lipinski definition) is 5. The Morgan fingerprint density at radius 3 is 3.19 bits per heavy atom. The summed E-state index contributed by atoms with van der Waals surface area (Å²) >= 11 is 3.40. The van der Waals surface area contributed by atoms with E-state index in [4.69, 9.17) is 0 Å². The number of rotatable bonds is 6. The molecule has 0 spiro atoms. The highest BCUT2D eigenvalue weighted by Gasteiger charge is 2.03. The highest BCUT2D eigenvalue weighted by Crippen LogP contribution is 2.25. The lowest BCUT2D eigenvalue weighted by molar-refractivity contribution is 0.976. The molecular weight excluding hydrogens is 240 g/mol. The maximum atomic E-state index is 4.32. The zero-order valence-corrected chi connectivity index (χ0v) is 10.7. The minimum absolute atomic E-state index is 0.916. The van der Waals surface area contributed by atoms with E-state index in [0.29, 0.717) is 0 Å². The van der Waals surface area contributed by atoms with Gasteiger partial charge in [0.15, 0.2) is 10.3 Å². The van der Waals surface area contributed by atoms with Gasteiger partial charge in [0, 0.05) is 35.8 Å². The van der Waals surface area contributed by atoms with Crippen molar-refractivity contribution in [1.82, 2.24) is 15.0 Å². The van der Waals surface area contributed by atoms with Crippen LogP contribution in [0.5, 0.6) is 0 Å². The standard InChI is InChI=1S/C10H14N4S2/c1-2-3-11-10-14-6-8(16-10)7-15-9-12-4-5-13-9/h4-6H,2-3,7H2,1H3,(H,11,14)(H,12,13). The molecule has 2 rings (SSSR count). The molecule has 0 saturated heterocycles. The minimum Gasteiger partial charge on any atom is -0.362 e. The van der Waals surface area contributed by atoms with E-state index in [9.17, 15) is 0 Å². The van der Waals surface area contributed by atoms with Gasteiger partial charge in [0.25, 0.3) is 0 Å². The highest BCUT2D eigenvalue weighted by molar-refractivity contribution is 7.98. The van der Waals surface area contributed by atoms with Crippen LogP contribution in [0.15, 0.2) is 23.7 Å². The predicted molar refractivity (Wildman–Crippen MR) is 69.0 cm³/mol. The van der Waals surface area contributed by atoms with Gasteiger partial charge in [0.1, 0.15) is 0 Å². The second kappa shape index (κ2) is 5.91. The van der Waals surface area contributed by atoms with Crippen LogP contribution >= 0.6 is 23.1 Å². The summed E-state index contributed by atoms with van der Waals surface area (Å²) in [5.41, 5.74) is 0. The van der Waals surface area contributed by atoms with Crippen LogP contribution in [0.25, 0.3) is 0 Å². The molecule has 0 aromatic carbocycles. The van der Waals surface area contributed by atoms with E-state index in [1.165, 1.54) is 4.88 Å². The summed E-state index contributed by atoms with van der Waals surface area (Å²) in [7, 11) is 0. The van der Waals surface area contributed by atoms with E-state index < -0.39 is 0 Å². The monoisotopic (exact) mass is 254 g/mol. The molecule has 0 aliphatic carbocycles. The number of thioether (sulfide) groups is 1. The molecule has 0 amide bonds. The number of thiazole rings is 1. The van der Waals surface area contributed by atoms with Crippen molar-refractivity contribution in [2.75, 3.05) is 11.9 Å². The molecule has 2 aromatic heterocycles. The summed E-state index contributed by atoms with van der Waals surface area (Å²) in [6, 6.07) is 0. The maximum Gasteiger partial charge on any atom is 0.182 e. The van der Waals surface area contributed by atoms with Crippen LogP contribution in [-0.2, 0) is 5.75 Å². The molecule has 86 valence electrons. The molecule has 0 aliphatic rings. The molecule has 0 saturated carbocycles. The third kappa shape index (κ3) is 3.24. The van der Waals surface area contributed by atoms with Gasteiger partial charge >= 0.3 is 0 Å². The minimum atomic E-state index is 0.916.